The van der Waals surface area contributed by atoms with Crippen LogP contribution in [0.3, 0.4) is 0 Å². The fraction of sp³-hybridized carbons (Fsp3) is 0.625. The van der Waals surface area contributed by atoms with Crippen molar-refractivity contribution in [1.82, 2.24) is 5.32 Å². The summed E-state index contributed by atoms with van der Waals surface area (Å²) in [4.78, 5) is 1.36. The molecule has 0 bridgehead atoms. The number of nitrogens with one attached hydrogen (secondary N) is 1. The lowest BCUT2D eigenvalue weighted by atomic mass is 9.87. The minimum absolute atomic E-state index is 0.541. The molecule has 0 heterocycles. The summed E-state index contributed by atoms with van der Waals surface area (Å²) in [6.07, 6.45) is 10.6. The fourth-order valence-electron chi connectivity index (χ4n) is 3.13. The molecule has 0 amide bonds. The molecule has 1 N–H and O–H groups in total. The smallest absolute Gasteiger partial charge is 0.0346 e. The van der Waals surface area contributed by atoms with Gasteiger partial charge in [-0.3, -0.25) is 0 Å². The highest BCUT2D eigenvalue weighted by molar-refractivity contribution is 7.98. The van der Waals surface area contributed by atoms with Gasteiger partial charge in [0.15, 0.2) is 0 Å². The Morgan fingerprint density at radius 3 is 2.17 bits per heavy atom. The molecule has 1 unspecified atom stereocenters. The average molecular weight is 263 g/mol. The Kier molecular flexibility index (Phi) is 5.58. The van der Waals surface area contributed by atoms with Gasteiger partial charge in [0.25, 0.3) is 0 Å². The summed E-state index contributed by atoms with van der Waals surface area (Å²) in [5.41, 5.74) is 1.46. The molecule has 1 saturated carbocycles. The first kappa shape index (κ1) is 14.0. The zero-order chi connectivity index (χ0) is 12.8. The normalized spacial score (nSPS) is 19.4. The molecule has 1 nitrogen and oxygen atoms in total. The summed E-state index contributed by atoms with van der Waals surface area (Å²) < 4.78 is 0. The highest BCUT2D eigenvalue weighted by atomic mass is 32.2. The molecule has 18 heavy (non-hydrogen) atoms. The lowest BCUT2D eigenvalue weighted by Gasteiger charge is -2.26. The Balaban J connectivity index is 2.10. The van der Waals surface area contributed by atoms with Gasteiger partial charge in [-0.1, -0.05) is 37.8 Å². The summed E-state index contributed by atoms with van der Waals surface area (Å²) in [7, 11) is 2.11. The predicted octanol–water partition coefficient (Wildman–Crippen LogP) is 4.64. The van der Waals surface area contributed by atoms with Crippen molar-refractivity contribution in [2.24, 2.45) is 5.92 Å². The molecule has 100 valence electrons. The molecular formula is C16H25NS. The van der Waals surface area contributed by atoms with Crippen molar-refractivity contribution in [3.63, 3.8) is 0 Å². The van der Waals surface area contributed by atoms with Gasteiger partial charge in [0, 0.05) is 10.9 Å². The summed E-state index contributed by atoms with van der Waals surface area (Å²) in [6.45, 7) is 0. The maximum absolute atomic E-state index is 3.55. The first-order valence-electron chi connectivity index (χ1n) is 7.16. The number of hydrogen-bond acceptors (Lipinski definition) is 2. The Bertz CT molecular complexity index is 339. The Hall–Kier alpha value is -0.470. The molecule has 0 aliphatic heterocycles. The number of rotatable bonds is 4. The standard InChI is InChI=1S/C16H25NS/c1-17-16(13-7-5-3-4-6-8-13)14-9-11-15(18-2)12-10-14/h9-13,16-17H,3-8H2,1-2H3. The van der Waals surface area contributed by atoms with Crippen molar-refractivity contribution in [2.45, 2.75) is 49.5 Å². The molecule has 1 fully saturated rings. The molecular weight excluding hydrogens is 238 g/mol. The summed E-state index contributed by atoms with van der Waals surface area (Å²) in [6, 6.07) is 9.65. The minimum Gasteiger partial charge on any atom is -0.313 e. The molecule has 0 radical (unpaired) electrons. The lowest BCUT2D eigenvalue weighted by molar-refractivity contribution is 0.341. The van der Waals surface area contributed by atoms with Crippen molar-refractivity contribution in [2.75, 3.05) is 13.3 Å². The Labute approximate surface area is 116 Å². The highest BCUT2D eigenvalue weighted by Crippen LogP contribution is 2.33. The van der Waals surface area contributed by atoms with E-state index in [4.69, 9.17) is 0 Å². The van der Waals surface area contributed by atoms with E-state index in [9.17, 15) is 0 Å². The molecule has 0 aromatic heterocycles. The summed E-state index contributed by atoms with van der Waals surface area (Å²) in [5.74, 6) is 0.817. The van der Waals surface area contributed by atoms with E-state index in [0.29, 0.717) is 6.04 Å². The van der Waals surface area contributed by atoms with Gasteiger partial charge in [-0.25, -0.2) is 0 Å². The van der Waals surface area contributed by atoms with E-state index < -0.39 is 0 Å². The van der Waals surface area contributed by atoms with Gasteiger partial charge in [-0.2, -0.15) is 0 Å². The first-order chi connectivity index (χ1) is 8.85. The molecule has 2 rings (SSSR count). The molecule has 1 atom stereocenters. The van der Waals surface area contributed by atoms with Crippen molar-refractivity contribution in [1.29, 1.82) is 0 Å². The van der Waals surface area contributed by atoms with Crippen LogP contribution in [0.15, 0.2) is 29.2 Å². The highest BCUT2D eigenvalue weighted by Gasteiger charge is 2.22. The average Bonchev–Trinajstić information content (AvgIpc) is 2.70. The summed E-state index contributed by atoms with van der Waals surface area (Å²) >= 11 is 1.82. The van der Waals surface area contributed by atoms with Crippen LogP contribution in [0.1, 0.15) is 50.1 Å². The van der Waals surface area contributed by atoms with Gasteiger partial charge in [0.2, 0.25) is 0 Å². The maximum atomic E-state index is 3.55. The van der Waals surface area contributed by atoms with Crippen molar-refractivity contribution >= 4 is 11.8 Å². The van der Waals surface area contributed by atoms with Crippen molar-refractivity contribution < 1.29 is 0 Å². The van der Waals surface area contributed by atoms with Crippen LogP contribution < -0.4 is 5.32 Å². The van der Waals surface area contributed by atoms with Gasteiger partial charge < -0.3 is 5.32 Å². The third-order valence-electron chi connectivity index (χ3n) is 4.16. The van der Waals surface area contributed by atoms with E-state index in [1.54, 1.807) is 0 Å². The van der Waals surface area contributed by atoms with E-state index in [-0.39, 0.29) is 0 Å². The SMILES string of the molecule is CNC(c1ccc(SC)cc1)C1CCCCCC1. The van der Waals surface area contributed by atoms with E-state index >= 15 is 0 Å². The van der Waals surface area contributed by atoms with Crippen LogP contribution in [0, 0.1) is 5.92 Å². The lowest BCUT2D eigenvalue weighted by Crippen LogP contribution is -2.25. The first-order valence-corrected chi connectivity index (χ1v) is 8.39. The maximum Gasteiger partial charge on any atom is 0.0346 e. The van der Waals surface area contributed by atoms with Crippen LogP contribution in [0.25, 0.3) is 0 Å². The molecule has 1 aromatic carbocycles. The van der Waals surface area contributed by atoms with Gasteiger partial charge in [0.1, 0.15) is 0 Å². The second-order valence-electron chi connectivity index (χ2n) is 5.29. The zero-order valence-corrected chi connectivity index (χ0v) is 12.4. The predicted molar refractivity (Wildman–Crippen MR) is 81.2 cm³/mol. The second-order valence-corrected chi connectivity index (χ2v) is 6.17. The van der Waals surface area contributed by atoms with Gasteiger partial charge in [-0.15, -0.1) is 11.8 Å². The summed E-state index contributed by atoms with van der Waals surface area (Å²) in [5, 5.41) is 3.55. The Morgan fingerprint density at radius 2 is 1.67 bits per heavy atom. The molecule has 0 saturated heterocycles. The third-order valence-corrected chi connectivity index (χ3v) is 4.90. The van der Waals surface area contributed by atoms with Crippen molar-refractivity contribution in [3.05, 3.63) is 29.8 Å². The number of benzene rings is 1. The van der Waals surface area contributed by atoms with Crippen LogP contribution in [0.4, 0.5) is 0 Å². The van der Waals surface area contributed by atoms with Crippen LogP contribution in [-0.4, -0.2) is 13.3 Å². The van der Waals surface area contributed by atoms with Crippen LogP contribution in [0.5, 0.6) is 0 Å². The number of hydrogen-bond donors (Lipinski definition) is 1. The van der Waals surface area contributed by atoms with E-state index in [0.717, 1.165) is 5.92 Å². The van der Waals surface area contributed by atoms with Gasteiger partial charge in [-0.05, 0) is 49.8 Å². The van der Waals surface area contributed by atoms with Crippen LogP contribution in [-0.2, 0) is 0 Å². The fourth-order valence-corrected chi connectivity index (χ4v) is 3.54. The monoisotopic (exact) mass is 263 g/mol. The van der Waals surface area contributed by atoms with Gasteiger partial charge >= 0.3 is 0 Å². The van der Waals surface area contributed by atoms with Gasteiger partial charge in [0.05, 0.1) is 0 Å². The van der Waals surface area contributed by atoms with E-state index in [2.05, 4.69) is 42.9 Å². The molecule has 0 spiro atoms. The minimum atomic E-state index is 0.541. The molecule has 1 aliphatic rings. The third kappa shape index (κ3) is 3.52. The molecule has 2 heteroatoms. The molecule has 1 aliphatic carbocycles. The number of thioether (sulfide) groups is 1. The molecule has 1 aromatic rings. The van der Waals surface area contributed by atoms with Crippen molar-refractivity contribution in [3.8, 4) is 0 Å². The van der Waals surface area contributed by atoms with E-state index in [1.807, 2.05) is 11.8 Å². The van der Waals surface area contributed by atoms with Crippen LogP contribution in [0.2, 0.25) is 0 Å². The quantitative estimate of drug-likeness (QED) is 0.627. The zero-order valence-electron chi connectivity index (χ0n) is 11.6. The van der Waals surface area contributed by atoms with E-state index in [1.165, 1.54) is 49.0 Å². The van der Waals surface area contributed by atoms with Crippen LogP contribution >= 0.6 is 11.8 Å². The second kappa shape index (κ2) is 7.20. The topological polar surface area (TPSA) is 12.0 Å². The Morgan fingerprint density at radius 1 is 1.06 bits per heavy atom. The largest absolute Gasteiger partial charge is 0.313 e.